The number of carbonyl (C=O) groups excluding carboxylic acids is 1. The number of aliphatic imine (C=N–C) groups is 1. The average molecular weight is 441 g/mol. The van der Waals surface area contributed by atoms with Gasteiger partial charge in [0.25, 0.3) is 0 Å². The Labute approximate surface area is 187 Å². The summed E-state index contributed by atoms with van der Waals surface area (Å²) in [5.41, 5.74) is 1.41. The minimum Gasteiger partial charge on any atom is -0.493 e. The van der Waals surface area contributed by atoms with Crippen molar-refractivity contribution in [3.8, 4) is 28.7 Å². The molecule has 32 heavy (non-hydrogen) atoms. The summed E-state index contributed by atoms with van der Waals surface area (Å²) in [7, 11) is 6.12. The minimum absolute atomic E-state index is 0.144. The number of ether oxygens (including phenoxy) is 6. The zero-order valence-corrected chi connectivity index (χ0v) is 19.1. The third-order valence-electron chi connectivity index (χ3n) is 4.60. The molecule has 1 heterocycles. The van der Waals surface area contributed by atoms with Crippen LogP contribution in [0.2, 0.25) is 0 Å². The average Bonchev–Trinajstić information content (AvgIpc) is 3.16. The first kappa shape index (κ1) is 23.0. The molecule has 8 heteroatoms. The first-order valence-electron chi connectivity index (χ1n) is 10.0. The number of hydrogen-bond donors (Lipinski definition) is 0. The lowest BCUT2D eigenvalue weighted by molar-refractivity contribution is -0.129. The van der Waals surface area contributed by atoms with E-state index >= 15 is 0 Å². The Kier molecular flexibility index (Phi) is 7.25. The molecule has 0 saturated heterocycles. The van der Waals surface area contributed by atoms with E-state index in [1.54, 1.807) is 37.5 Å². The largest absolute Gasteiger partial charge is 0.493 e. The topological polar surface area (TPSA) is 84.8 Å². The van der Waals surface area contributed by atoms with Crippen LogP contribution in [0.25, 0.3) is 6.08 Å². The molecule has 1 aliphatic heterocycles. The van der Waals surface area contributed by atoms with Gasteiger partial charge in [-0.15, -0.1) is 0 Å². The second kappa shape index (κ2) is 10.1. The van der Waals surface area contributed by atoms with Gasteiger partial charge in [-0.05, 0) is 41.8 Å². The maximum Gasteiger partial charge on any atom is 0.363 e. The number of rotatable bonds is 9. The summed E-state index contributed by atoms with van der Waals surface area (Å²) in [6, 6.07) is 8.73. The summed E-state index contributed by atoms with van der Waals surface area (Å²) < 4.78 is 32.6. The molecule has 0 radical (unpaired) electrons. The second-order valence-corrected chi connectivity index (χ2v) is 7.37. The van der Waals surface area contributed by atoms with Crippen molar-refractivity contribution in [1.29, 1.82) is 0 Å². The third-order valence-corrected chi connectivity index (χ3v) is 4.60. The number of carbonyl (C=O) groups is 1. The molecule has 0 amide bonds. The lowest BCUT2D eigenvalue weighted by atomic mass is 10.1. The predicted octanol–water partition coefficient (Wildman–Crippen LogP) is 4.10. The van der Waals surface area contributed by atoms with Crippen LogP contribution in [0.5, 0.6) is 28.7 Å². The standard InChI is InChI=1S/C24H27NO7/c1-14(2)13-31-19-10-15(7-8-18(19)27-3)9-17-24(26)32-23(25-17)16-11-20(28-4)22(30-6)21(12-16)29-5/h7-12,14H,13H2,1-6H3/b17-9-. The predicted molar refractivity (Wildman–Crippen MR) is 120 cm³/mol. The molecule has 3 rings (SSSR count). The van der Waals surface area contributed by atoms with E-state index in [0.717, 1.165) is 5.56 Å². The molecule has 2 aromatic carbocycles. The van der Waals surface area contributed by atoms with Gasteiger partial charge >= 0.3 is 5.97 Å². The highest BCUT2D eigenvalue weighted by Gasteiger charge is 2.26. The monoisotopic (exact) mass is 441 g/mol. The number of esters is 1. The highest BCUT2D eigenvalue weighted by Crippen LogP contribution is 2.39. The van der Waals surface area contributed by atoms with E-state index in [2.05, 4.69) is 18.8 Å². The molecule has 0 spiro atoms. The molecule has 0 atom stereocenters. The number of hydrogen-bond acceptors (Lipinski definition) is 8. The van der Waals surface area contributed by atoms with Crippen molar-refractivity contribution < 1.29 is 33.2 Å². The van der Waals surface area contributed by atoms with Gasteiger partial charge in [-0.3, -0.25) is 0 Å². The van der Waals surface area contributed by atoms with Crippen molar-refractivity contribution in [3.63, 3.8) is 0 Å². The van der Waals surface area contributed by atoms with Crippen molar-refractivity contribution in [2.24, 2.45) is 10.9 Å². The fourth-order valence-electron chi connectivity index (χ4n) is 3.05. The third kappa shape index (κ3) is 4.96. The number of benzene rings is 2. The maximum absolute atomic E-state index is 12.5. The molecular weight excluding hydrogens is 414 g/mol. The van der Waals surface area contributed by atoms with E-state index in [1.807, 2.05) is 6.07 Å². The Balaban J connectivity index is 1.95. The summed E-state index contributed by atoms with van der Waals surface area (Å²) in [4.78, 5) is 16.8. The Hall–Kier alpha value is -3.68. The van der Waals surface area contributed by atoms with E-state index in [-0.39, 0.29) is 11.6 Å². The van der Waals surface area contributed by atoms with Crippen LogP contribution < -0.4 is 23.7 Å². The van der Waals surface area contributed by atoms with Crippen LogP contribution in [-0.2, 0) is 9.53 Å². The quantitative estimate of drug-likeness (QED) is 0.428. The smallest absolute Gasteiger partial charge is 0.363 e. The van der Waals surface area contributed by atoms with Crippen LogP contribution in [-0.4, -0.2) is 46.9 Å². The molecule has 0 N–H and O–H groups in total. The number of cyclic esters (lactones) is 1. The van der Waals surface area contributed by atoms with Crippen molar-refractivity contribution in [2.75, 3.05) is 35.0 Å². The molecule has 0 saturated carbocycles. The SMILES string of the molecule is COc1ccc(/C=C2\N=C(c3cc(OC)c(OC)c(OC)c3)OC2=O)cc1OCC(C)C. The summed E-state index contributed by atoms with van der Waals surface area (Å²) >= 11 is 0. The molecule has 0 fully saturated rings. The lowest BCUT2D eigenvalue weighted by Crippen LogP contribution is -2.07. The van der Waals surface area contributed by atoms with Crippen molar-refractivity contribution in [2.45, 2.75) is 13.8 Å². The van der Waals surface area contributed by atoms with Crippen LogP contribution in [0.4, 0.5) is 0 Å². The van der Waals surface area contributed by atoms with Crippen molar-refractivity contribution >= 4 is 17.9 Å². The lowest BCUT2D eigenvalue weighted by Gasteiger charge is -2.13. The molecule has 0 unspecified atom stereocenters. The first-order valence-corrected chi connectivity index (χ1v) is 10.0. The van der Waals surface area contributed by atoms with Crippen LogP contribution in [0, 0.1) is 5.92 Å². The summed E-state index contributed by atoms with van der Waals surface area (Å²) in [5.74, 6) is 2.45. The zero-order valence-electron chi connectivity index (χ0n) is 19.1. The Morgan fingerprint density at radius 2 is 1.56 bits per heavy atom. The Morgan fingerprint density at radius 1 is 0.906 bits per heavy atom. The van der Waals surface area contributed by atoms with Gasteiger partial charge in [-0.1, -0.05) is 19.9 Å². The van der Waals surface area contributed by atoms with Gasteiger partial charge in [0.05, 0.1) is 35.0 Å². The normalized spacial score (nSPS) is 14.3. The Bertz CT molecular complexity index is 1030. The molecule has 0 aliphatic carbocycles. The van der Waals surface area contributed by atoms with Gasteiger partial charge in [-0.25, -0.2) is 9.79 Å². The maximum atomic E-state index is 12.5. The highest BCUT2D eigenvalue weighted by molar-refractivity contribution is 6.13. The molecule has 0 bridgehead atoms. The summed E-state index contributed by atoms with van der Waals surface area (Å²) in [5, 5.41) is 0. The molecule has 1 aliphatic rings. The number of nitrogens with zero attached hydrogens (tertiary/aromatic N) is 1. The highest BCUT2D eigenvalue weighted by atomic mass is 16.6. The van der Waals surface area contributed by atoms with Crippen LogP contribution >= 0.6 is 0 Å². The van der Waals surface area contributed by atoms with E-state index in [1.165, 1.54) is 21.3 Å². The first-order chi connectivity index (χ1) is 15.4. The fraction of sp³-hybridized carbons (Fsp3) is 0.333. The van der Waals surface area contributed by atoms with Crippen molar-refractivity contribution in [3.05, 3.63) is 47.2 Å². The van der Waals surface area contributed by atoms with Gasteiger partial charge < -0.3 is 28.4 Å². The van der Waals surface area contributed by atoms with Gasteiger partial charge in [0.15, 0.2) is 28.7 Å². The van der Waals surface area contributed by atoms with Crippen LogP contribution in [0.15, 0.2) is 41.0 Å². The van der Waals surface area contributed by atoms with Gasteiger partial charge in [0.2, 0.25) is 11.6 Å². The van der Waals surface area contributed by atoms with E-state index in [9.17, 15) is 4.79 Å². The fourth-order valence-corrected chi connectivity index (χ4v) is 3.05. The summed E-state index contributed by atoms with van der Waals surface area (Å²) in [6.45, 7) is 4.67. The van der Waals surface area contributed by atoms with Crippen molar-refractivity contribution in [1.82, 2.24) is 0 Å². The molecule has 0 aromatic heterocycles. The molecule has 170 valence electrons. The molecule has 2 aromatic rings. The zero-order chi connectivity index (χ0) is 23.3. The van der Waals surface area contributed by atoms with E-state index < -0.39 is 5.97 Å². The van der Waals surface area contributed by atoms with E-state index in [0.29, 0.717) is 46.8 Å². The second-order valence-electron chi connectivity index (χ2n) is 7.37. The van der Waals surface area contributed by atoms with Gasteiger partial charge in [-0.2, -0.15) is 0 Å². The molecule has 8 nitrogen and oxygen atoms in total. The van der Waals surface area contributed by atoms with Crippen LogP contribution in [0.1, 0.15) is 25.0 Å². The molecular formula is C24H27NO7. The number of methoxy groups -OCH3 is 4. The summed E-state index contributed by atoms with van der Waals surface area (Å²) in [6.07, 6.45) is 1.63. The van der Waals surface area contributed by atoms with Crippen LogP contribution in [0.3, 0.4) is 0 Å². The van der Waals surface area contributed by atoms with Gasteiger partial charge in [0.1, 0.15) is 0 Å². The Morgan fingerprint density at radius 3 is 2.12 bits per heavy atom. The van der Waals surface area contributed by atoms with Gasteiger partial charge in [0, 0.05) is 5.56 Å². The van der Waals surface area contributed by atoms with E-state index in [4.69, 9.17) is 28.4 Å². The minimum atomic E-state index is -0.561.